The number of carbonyl (C=O) groups excluding carboxylic acids is 1. The van der Waals surface area contributed by atoms with Crippen molar-refractivity contribution < 1.29 is 19.6 Å². The van der Waals surface area contributed by atoms with E-state index in [1.807, 2.05) is 0 Å². The van der Waals surface area contributed by atoms with Crippen LogP contribution in [0, 0.1) is 21.4 Å². The summed E-state index contributed by atoms with van der Waals surface area (Å²) in [5.41, 5.74) is -0.143. The fourth-order valence-electron chi connectivity index (χ4n) is 2.17. The standard InChI is InChI=1S/C19H13N3O5/c20-12-14(8-5-7-13-6-1-4-11-17(13)22(26)27)18(23)21-16-10-3-2-9-15(16)19(24)25/h1-11H,(H,21,23)(H,24,25)/b7-5+,14-8+. The zero-order valence-electron chi connectivity index (χ0n) is 13.8. The summed E-state index contributed by atoms with van der Waals surface area (Å²) in [4.78, 5) is 33.8. The van der Waals surface area contributed by atoms with Crippen molar-refractivity contribution in [3.05, 3.63) is 87.5 Å². The molecule has 8 nitrogen and oxygen atoms in total. The second-order valence-corrected chi connectivity index (χ2v) is 5.17. The lowest BCUT2D eigenvalue weighted by Gasteiger charge is -2.07. The molecule has 0 spiro atoms. The zero-order chi connectivity index (χ0) is 19.8. The van der Waals surface area contributed by atoms with Crippen LogP contribution in [-0.2, 0) is 4.79 Å². The second kappa shape index (κ2) is 8.73. The summed E-state index contributed by atoms with van der Waals surface area (Å²) >= 11 is 0. The Balaban J connectivity index is 2.22. The van der Waals surface area contributed by atoms with Gasteiger partial charge in [-0.1, -0.05) is 30.3 Å². The predicted molar refractivity (Wildman–Crippen MR) is 97.9 cm³/mol. The molecular weight excluding hydrogens is 350 g/mol. The average Bonchev–Trinajstić information content (AvgIpc) is 2.65. The number of nitrogens with one attached hydrogen (secondary N) is 1. The maximum Gasteiger partial charge on any atom is 0.337 e. The highest BCUT2D eigenvalue weighted by Crippen LogP contribution is 2.19. The van der Waals surface area contributed by atoms with Crippen LogP contribution in [0.2, 0.25) is 0 Å². The summed E-state index contributed by atoms with van der Waals surface area (Å²) in [5.74, 6) is -2.01. The van der Waals surface area contributed by atoms with E-state index in [1.54, 1.807) is 18.2 Å². The summed E-state index contributed by atoms with van der Waals surface area (Å²) in [6.45, 7) is 0. The van der Waals surface area contributed by atoms with E-state index in [4.69, 9.17) is 10.4 Å². The highest BCUT2D eigenvalue weighted by atomic mass is 16.6. The minimum absolute atomic E-state index is 0.0545. The molecule has 2 N–H and O–H groups in total. The molecule has 0 fully saturated rings. The first-order valence-electron chi connectivity index (χ1n) is 7.59. The van der Waals surface area contributed by atoms with Gasteiger partial charge in [0.25, 0.3) is 11.6 Å². The van der Waals surface area contributed by atoms with Crippen LogP contribution in [0.15, 0.2) is 66.3 Å². The lowest BCUT2D eigenvalue weighted by molar-refractivity contribution is -0.385. The van der Waals surface area contributed by atoms with Crippen molar-refractivity contribution in [3.8, 4) is 6.07 Å². The van der Waals surface area contributed by atoms with E-state index in [-0.39, 0.29) is 22.5 Å². The van der Waals surface area contributed by atoms with Gasteiger partial charge in [-0.15, -0.1) is 0 Å². The molecule has 2 aromatic rings. The number of aromatic carboxylic acids is 1. The van der Waals surface area contributed by atoms with Crippen LogP contribution in [0.4, 0.5) is 11.4 Å². The third-order valence-electron chi connectivity index (χ3n) is 3.44. The first-order chi connectivity index (χ1) is 12.9. The number of allylic oxidation sites excluding steroid dienone is 2. The number of nitriles is 1. The van der Waals surface area contributed by atoms with Gasteiger partial charge in [-0.25, -0.2) is 4.79 Å². The molecule has 0 aliphatic carbocycles. The number of hydrogen-bond acceptors (Lipinski definition) is 5. The van der Waals surface area contributed by atoms with Crippen LogP contribution in [0.1, 0.15) is 15.9 Å². The molecule has 0 saturated carbocycles. The van der Waals surface area contributed by atoms with E-state index in [0.717, 1.165) is 0 Å². The first-order valence-corrected chi connectivity index (χ1v) is 7.59. The maximum atomic E-state index is 12.2. The normalized spacial score (nSPS) is 11.0. The van der Waals surface area contributed by atoms with Gasteiger partial charge in [-0.3, -0.25) is 14.9 Å². The summed E-state index contributed by atoms with van der Waals surface area (Å²) in [5, 5.41) is 31.6. The molecule has 0 saturated heterocycles. The third-order valence-corrected chi connectivity index (χ3v) is 3.44. The van der Waals surface area contributed by atoms with Gasteiger partial charge in [-0.2, -0.15) is 5.26 Å². The topological polar surface area (TPSA) is 133 Å². The van der Waals surface area contributed by atoms with E-state index in [9.17, 15) is 19.7 Å². The molecule has 1 amide bonds. The van der Waals surface area contributed by atoms with Gasteiger partial charge < -0.3 is 10.4 Å². The van der Waals surface area contributed by atoms with E-state index in [1.165, 1.54) is 54.6 Å². The number of rotatable bonds is 6. The van der Waals surface area contributed by atoms with Gasteiger partial charge in [0, 0.05) is 6.07 Å². The van der Waals surface area contributed by atoms with Crippen molar-refractivity contribution in [1.82, 2.24) is 0 Å². The Morgan fingerprint density at radius 3 is 2.48 bits per heavy atom. The number of hydrogen-bond donors (Lipinski definition) is 2. The molecule has 2 rings (SSSR count). The van der Waals surface area contributed by atoms with Crippen molar-refractivity contribution in [3.63, 3.8) is 0 Å². The van der Waals surface area contributed by atoms with Crippen LogP contribution < -0.4 is 5.32 Å². The van der Waals surface area contributed by atoms with Gasteiger partial charge >= 0.3 is 5.97 Å². The molecule has 0 atom stereocenters. The lowest BCUT2D eigenvalue weighted by Crippen LogP contribution is -2.16. The molecule has 0 bridgehead atoms. The van der Waals surface area contributed by atoms with E-state index in [0.29, 0.717) is 5.56 Å². The average molecular weight is 363 g/mol. The fraction of sp³-hybridized carbons (Fsp3) is 0. The Morgan fingerprint density at radius 1 is 1.15 bits per heavy atom. The molecule has 27 heavy (non-hydrogen) atoms. The van der Waals surface area contributed by atoms with Crippen LogP contribution in [0.25, 0.3) is 6.08 Å². The minimum atomic E-state index is -1.22. The number of benzene rings is 2. The van der Waals surface area contributed by atoms with Gasteiger partial charge in [-0.05, 0) is 30.4 Å². The van der Waals surface area contributed by atoms with Crippen LogP contribution in [-0.4, -0.2) is 21.9 Å². The van der Waals surface area contributed by atoms with E-state index < -0.39 is 16.8 Å². The van der Waals surface area contributed by atoms with E-state index in [2.05, 4.69) is 5.32 Å². The number of carboxylic acids is 1. The molecule has 0 aromatic heterocycles. The Kier molecular flexibility index (Phi) is 6.17. The SMILES string of the molecule is N#C/C(=C\C=C\c1ccccc1[N+](=O)[O-])C(=O)Nc1ccccc1C(=O)O. The van der Waals surface area contributed by atoms with Gasteiger partial charge in [0.15, 0.2) is 0 Å². The van der Waals surface area contributed by atoms with Gasteiger partial charge in [0.2, 0.25) is 0 Å². The fourth-order valence-corrected chi connectivity index (χ4v) is 2.17. The van der Waals surface area contributed by atoms with Crippen molar-refractivity contribution in [2.45, 2.75) is 0 Å². The second-order valence-electron chi connectivity index (χ2n) is 5.17. The molecule has 2 aromatic carbocycles. The van der Waals surface area contributed by atoms with Gasteiger partial charge in [0.1, 0.15) is 11.6 Å². The number of amides is 1. The summed E-state index contributed by atoms with van der Waals surface area (Å²) in [7, 11) is 0. The zero-order valence-corrected chi connectivity index (χ0v) is 13.8. The number of carbonyl (C=O) groups is 2. The Labute approximate surface area is 153 Å². The predicted octanol–water partition coefficient (Wildman–Crippen LogP) is 3.39. The Bertz CT molecular complexity index is 1000. The largest absolute Gasteiger partial charge is 0.478 e. The highest BCUT2D eigenvalue weighted by molar-refractivity contribution is 6.09. The van der Waals surface area contributed by atoms with Crippen molar-refractivity contribution in [2.24, 2.45) is 0 Å². The van der Waals surface area contributed by atoms with Gasteiger partial charge in [0.05, 0.1) is 21.7 Å². The van der Waals surface area contributed by atoms with Crippen LogP contribution in [0.3, 0.4) is 0 Å². The summed E-state index contributed by atoms with van der Waals surface area (Å²) in [6.07, 6.45) is 3.92. The number of nitro groups is 1. The molecule has 8 heteroatoms. The van der Waals surface area contributed by atoms with Crippen LogP contribution >= 0.6 is 0 Å². The van der Waals surface area contributed by atoms with Crippen LogP contribution in [0.5, 0.6) is 0 Å². The Morgan fingerprint density at radius 2 is 1.81 bits per heavy atom. The number of nitro benzene ring substituents is 1. The monoisotopic (exact) mass is 363 g/mol. The number of carboxylic acid groups (broad SMARTS) is 1. The molecule has 0 unspecified atom stereocenters. The van der Waals surface area contributed by atoms with Crippen molar-refractivity contribution in [1.29, 1.82) is 5.26 Å². The molecule has 0 radical (unpaired) electrons. The van der Waals surface area contributed by atoms with E-state index >= 15 is 0 Å². The molecule has 134 valence electrons. The number of nitrogens with zero attached hydrogens (tertiary/aromatic N) is 2. The van der Waals surface area contributed by atoms with Crippen molar-refractivity contribution in [2.75, 3.05) is 5.32 Å². The lowest BCUT2D eigenvalue weighted by atomic mass is 10.1. The number of anilines is 1. The number of para-hydroxylation sites is 2. The minimum Gasteiger partial charge on any atom is -0.478 e. The summed E-state index contributed by atoms with van der Waals surface area (Å²) in [6, 6.07) is 13.5. The Hall–Kier alpha value is -4.25. The summed E-state index contributed by atoms with van der Waals surface area (Å²) < 4.78 is 0. The first kappa shape index (κ1) is 19.1. The van der Waals surface area contributed by atoms with Crippen molar-refractivity contribution >= 4 is 29.3 Å². The highest BCUT2D eigenvalue weighted by Gasteiger charge is 2.14. The molecule has 0 heterocycles. The quantitative estimate of drug-likeness (QED) is 0.266. The molecule has 0 aliphatic heterocycles. The maximum absolute atomic E-state index is 12.2. The third kappa shape index (κ3) is 4.87. The molecular formula is C19H13N3O5. The smallest absolute Gasteiger partial charge is 0.337 e. The molecule has 0 aliphatic rings.